The highest BCUT2D eigenvalue weighted by Crippen LogP contribution is 2.43. The molecule has 3 aromatic heterocycles. The molecule has 0 unspecified atom stereocenters. The van der Waals surface area contributed by atoms with Crippen LogP contribution in [0.4, 0.5) is 0 Å². The molecule has 0 N–H and O–H groups in total. The number of nitrogens with zero attached hydrogens (tertiary/aromatic N) is 5. The van der Waals surface area contributed by atoms with Crippen molar-refractivity contribution in [2.75, 3.05) is 0 Å². The van der Waals surface area contributed by atoms with Gasteiger partial charge in [-0.05, 0) is 53.6 Å². The number of hydrogen-bond acceptors (Lipinski definition) is 3. The molecule has 3 heterocycles. The Kier molecular flexibility index (Phi) is 8.42. The third kappa shape index (κ3) is 5.90. The van der Waals surface area contributed by atoms with E-state index in [1.807, 2.05) is 60.7 Å². The molecule has 0 fully saturated rings. The number of hydrogen-bond donors (Lipinski definition) is 0. The van der Waals surface area contributed by atoms with Gasteiger partial charge in [-0.3, -0.25) is 0 Å². The zero-order valence-electron chi connectivity index (χ0n) is 33.6. The summed E-state index contributed by atoms with van der Waals surface area (Å²) in [7, 11) is 0. The lowest BCUT2D eigenvalue weighted by Crippen LogP contribution is -2.00. The molecule has 290 valence electrons. The number of benzene rings is 9. The molecule has 62 heavy (non-hydrogen) atoms. The van der Waals surface area contributed by atoms with Crippen molar-refractivity contribution in [1.29, 1.82) is 0 Å². The monoisotopic (exact) mass is 791 g/mol. The quantitative estimate of drug-likeness (QED) is 0.162. The van der Waals surface area contributed by atoms with E-state index in [4.69, 9.17) is 15.0 Å². The van der Waals surface area contributed by atoms with Gasteiger partial charge in [-0.1, -0.05) is 182 Å². The van der Waals surface area contributed by atoms with E-state index in [0.29, 0.717) is 17.5 Å². The highest BCUT2D eigenvalue weighted by atomic mass is 15.0. The van der Waals surface area contributed by atoms with Crippen LogP contribution in [0.15, 0.2) is 224 Å². The fourth-order valence-corrected chi connectivity index (χ4v) is 9.17. The summed E-state index contributed by atoms with van der Waals surface area (Å²) in [6.07, 6.45) is 0. The largest absolute Gasteiger partial charge is 0.309 e. The minimum atomic E-state index is 0.627. The lowest BCUT2D eigenvalue weighted by molar-refractivity contribution is 1.07. The predicted molar refractivity (Wildman–Crippen MR) is 256 cm³/mol. The molecule has 0 bridgehead atoms. The third-order valence-electron chi connectivity index (χ3n) is 12.0. The molecule has 5 heteroatoms. The molecule has 0 saturated carbocycles. The highest BCUT2D eigenvalue weighted by Gasteiger charge is 2.21. The van der Waals surface area contributed by atoms with E-state index in [1.54, 1.807) is 0 Å². The van der Waals surface area contributed by atoms with Gasteiger partial charge in [-0.2, -0.15) is 0 Å². The van der Waals surface area contributed by atoms with Crippen LogP contribution in [-0.2, 0) is 0 Å². The first-order chi connectivity index (χ1) is 30.8. The summed E-state index contributed by atoms with van der Waals surface area (Å²) in [6, 6.07) is 79.4. The topological polar surface area (TPSA) is 48.5 Å². The zero-order chi connectivity index (χ0) is 41.0. The highest BCUT2D eigenvalue weighted by molar-refractivity contribution is 6.17. The second kappa shape index (κ2) is 14.7. The Morgan fingerprint density at radius 3 is 1.23 bits per heavy atom. The minimum absolute atomic E-state index is 0.627. The molecule has 12 rings (SSSR count). The normalized spacial score (nSPS) is 11.5. The van der Waals surface area contributed by atoms with Crippen LogP contribution in [0.2, 0.25) is 0 Å². The summed E-state index contributed by atoms with van der Waals surface area (Å²) in [5.41, 5.74) is 14.3. The van der Waals surface area contributed by atoms with E-state index in [-0.39, 0.29) is 0 Å². The molecule has 0 aliphatic carbocycles. The fraction of sp³-hybridized carbons (Fsp3) is 0. The predicted octanol–water partition coefficient (Wildman–Crippen LogP) is 14.4. The van der Waals surface area contributed by atoms with E-state index in [2.05, 4.69) is 173 Å². The van der Waals surface area contributed by atoms with Gasteiger partial charge in [0, 0.05) is 60.7 Å². The maximum absolute atomic E-state index is 5.06. The molecule has 0 aliphatic heterocycles. The maximum Gasteiger partial charge on any atom is 0.164 e. The summed E-state index contributed by atoms with van der Waals surface area (Å²) >= 11 is 0. The third-order valence-corrected chi connectivity index (χ3v) is 12.0. The van der Waals surface area contributed by atoms with Crippen LogP contribution in [-0.4, -0.2) is 24.1 Å². The smallest absolute Gasteiger partial charge is 0.164 e. The fourth-order valence-electron chi connectivity index (χ4n) is 9.17. The molecule has 0 amide bonds. The summed E-state index contributed by atoms with van der Waals surface area (Å²) in [4.78, 5) is 15.1. The second-order valence-corrected chi connectivity index (χ2v) is 15.6. The molecule has 0 atom stereocenters. The summed E-state index contributed by atoms with van der Waals surface area (Å²) in [6.45, 7) is 0. The van der Waals surface area contributed by atoms with Crippen LogP contribution in [0.1, 0.15) is 0 Å². The molecule has 0 spiro atoms. The van der Waals surface area contributed by atoms with Crippen LogP contribution < -0.4 is 0 Å². The molecule has 9 aromatic carbocycles. The first-order valence-corrected chi connectivity index (χ1v) is 21.0. The Morgan fingerprint density at radius 2 is 0.661 bits per heavy atom. The Balaban J connectivity index is 1.03. The van der Waals surface area contributed by atoms with E-state index in [0.717, 1.165) is 50.3 Å². The molecule has 0 aliphatic rings. The van der Waals surface area contributed by atoms with Gasteiger partial charge in [0.1, 0.15) is 0 Å². The number of para-hydroxylation sites is 5. The van der Waals surface area contributed by atoms with Crippen molar-refractivity contribution >= 4 is 43.6 Å². The Hall–Kier alpha value is -8.41. The molecule has 0 radical (unpaired) electrons. The van der Waals surface area contributed by atoms with E-state index >= 15 is 0 Å². The van der Waals surface area contributed by atoms with Crippen molar-refractivity contribution in [2.45, 2.75) is 0 Å². The van der Waals surface area contributed by atoms with Crippen molar-refractivity contribution in [3.63, 3.8) is 0 Å². The SMILES string of the molecule is c1ccc(-c2nc(-c3ccccc3)nc(-c3cccc(-c4cccc5c6cccc(-c7ccc(-n8c9ccccc9c9ccccc98)cc7)c6n(-c6ccccc6)c45)c3)n2)cc1. The molecular weight excluding hydrogens is 755 g/mol. The minimum Gasteiger partial charge on any atom is -0.309 e. The molecule has 5 nitrogen and oxygen atoms in total. The van der Waals surface area contributed by atoms with E-state index in [9.17, 15) is 0 Å². The number of fused-ring (bicyclic) bond motifs is 6. The Morgan fingerprint density at radius 1 is 0.258 bits per heavy atom. The lowest BCUT2D eigenvalue weighted by atomic mass is 9.99. The zero-order valence-corrected chi connectivity index (χ0v) is 33.6. The van der Waals surface area contributed by atoms with Gasteiger partial charge in [0.25, 0.3) is 0 Å². The van der Waals surface area contributed by atoms with Gasteiger partial charge >= 0.3 is 0 Å². The summed E-state index contributed by atoms with van der Waals surface area (Å²) < 4.78 is 4.82. The van der Waals surface area contributed by atoms with Crippen molar-refractivity contribution in [2.24, 2.45) is 0 Å². The molecular formula is C57H37N5. The summed E-state index contributed by atoms with van der Waals surface area (Å²) in [5, 5.41) is 4.90. The standard InChI is InChI=1S/C57H37N5/c1-4-17-39(18-5-1)55-58-56(40-19-6-2-7-20-40)60-57(59-55)42-22-14-21-41(37-42)46-28-16-30-50-49-29-15-27-45(53(49)62(54(46)50)43-23-8-3-9-24-43)38-33-35-44(36-34-38)61-51-31-12-10-25-47(51)48-26-11-13-32-52(48)61/h1-37H. The van der Waals surface area contributed by atoms with Gasteiger partial charge in [0.2, 0.25) is 0 Å². The Labute approximate surface area is 358 Å². The Bertz CT molecular complexity index is 3500. The lowest BCUT2D eigenvalue weighted by Gasteiger charge is -2.15. The average molecular weight is 792 g/mol. The van der Waals surface area contributed by atoms with E-state index < -0.39 is 0 Å². The van der Waals surface area contributed by atoms with Crippen LogP contribution in [0.25, 0.3) is 111 Å². The second-order valence-electron chi connectivity index (χ2n) is 15.6. The van der Waals surface area contributed by atoms with Crippen molar-refractivity contribution in [3.05, 3.63) is 224 Å². The van der Waals surface area contributed by atoms with E-state index in [1.165, 1.54) is 43.7 Å². The first kappa shape index (κ1) is 35.5. The van der Waals surface area contributed by atoms with Gasteiger partial charge in [-0.25, -0.2) is 15.0 Å². The summed E-state index contributed by atoms with van der Waals surface area (Å²) in [5.74, 6) is 1.91. The van der Waals surface area contributed by atoms with Crippen LogP contribution in [0.5, 0.6) is 0 Å². The van der Waals surface area contributed by atoms with Crippen molar-refractivity contribution in [1.82, 2.24) is 24.1 Å². The molecule has 12 aromatic rings. The van der Waals surface area contributed by atoms with Gasteiger partial charge in [-0.15, -0.1) is 0 Å². The van der Waals surface area contributed by atoms with Crippen LogP contribution in [0, 0.1) is 0 Å². The average Bonchev–Trinajstić information content (AvgIpc) is 3.88. The van der Waals surface area contributed by atoms with Crippen LogP contribution >= 0.6 is 0 Å². The van der Waals surface area contributed by atoms with Crippen molar-refractivity contribution < 1.29 is 0 Å². The van der Waals surface area contributed by atoms with Gasteiger partial charge < -0.3 is 9.13 Å². The first-order valence-electron chi connectivity index (χ1n) is 21.0. The number of aromatic nitrogens is 5. The molecule has 0 saturated heterocycles. The van der Waals surface area contributed by atoms with Gasteiger partial charge in [0.05, 0.1) is 22.1 Å². The van der Waals surface area contributed by atoms with Crippen LogP contribution in [0.3, 0.4) is 0 Å². The number of rotatable bonds is 7. The maximum atomic E-state index is 5.06. The van der Waals surface area contributed by atoms with Gasteiger partial charge in [0.15, 0.2) is 17.5 Å². The van der Waals surface area contributed by atoms with Crippen molar-refractivity contribution in [3.8, 4) is 67.8 Å².